The first-order chi connectivity index (χ1) is 12.0. The largest absolute Gasteiger partial charge is 0.307 e. The average Bonchev–Trinajstić information content (AvgIpc) is 3.06. The number of aromatic nitrogens is 5. The first-order valence-electron chi connectivity index (χ1n) is 8.02. The molecule has 4 aromatic rings. The monoisotopic (exact) mass is 350 g/mol. The normalized spacial score (nSPS) is 11.2. The Morgan fingerprint density at radius 1 is 0.960 bits per heavy atom. The van der Waals surface area contributed by atoms with Crippen molar-refractivity contribution in [3.63, 3.8) is 0 Å². The van der Waals surface area contributed by atoms with Crippen molar-refractivity contribution in [2.45, 2.75) is 27.7 Å². The van der Waals surface area contributed by atoms with Gasteiger partial charge < -0.3 is 5.32 Å². The van der Waals surface area contributed by atoms with E-state index in [1.54, 1.807) is 11.3 Å². The van der Waals surface area contributed by atoms with E-state index < -0.39 is 0 Å². The molecule has 4 rings (SSSR count). The van der Waals surface area contributed by atoms with Crippen LogP contribution in [0, 0.1) is 27.7 Å². The van der Waals surface area contributed by atoms with Gasteiger partial charge in [0.15, 0.2) is 0 Å². The number of anilines is 2. The second-order valence-corrected chi connectivity index (χ2v) is 7.23. The summed E-state index contributed by atoms with van der Waals surface area (Å²) in [7, 11) is 0. The lowest BCUT2D eigenvalue weighted by molar-refractivity contribution is 0.926. The Morgan fingerprint density at radius 2 is 1.72 bits per heavy atom. The molecular weight excluding hydrogens is 332 g/mol. The van der Waals surface area contributed by atoms with Gasteiger partial charge in [0.25, 0.3) is 0 Å². The molecule has 0 spiro atoms. The first-order valence-corrected chi connectivity index (χ1v) is 8.84. The maximum absolute atomic E-state index is 4.54. The van der Waals surface area contributed by atoms with Crippen LogP contribution >= 0.6 is 11.3 Å². The Labute approximate surface area is 149 Å². The number of nitrogens with zero attached hydrogens (tertiary/aromatic N) is 5. The summed E-state index contributed by atoms with van der Waals surface area (Å²) in [5.41, 5.74) is 4.27. The summed E-state index contributed by atoms with van der Waals surface area (Å²) in [4.78, 5) is 15.6. The molecule has 1 aromatic carbocycles. The summed E-state index contributed by atoms with van der Waals surface area (Å²) in [6.07, 6.45) is 0. The number of nitrogens with one attached hydrogen (secondary N) is 1. The molecule has 0 bridgehead atoms. The van der Waals surface area contributed by atoms with Crippen LogP contribution in [0.25, 0.3) is 16.2 Å². The molecule has 0 aliphatic carbocycles. The predicted molar refractivity (Wildman–Crippen MR) is 101 cm³/mol. The number of fused-ring (bicyclic) bond motifs is 1. The quantitative estimate of drug-likeness (QED) is 0.599. The van der Waals surface area contributed by atoms with Crippen LogP contribution in [0.3, 0.4) is 0 Å². The van der Waals surface area contributed by atoms with Gasteiger partial charge in [-0.3, -0.25) is 0 Å². The fourth-order valence-corrected chi connectivity index (χ4v) is 3.52. The van der Waals surface area contributed by atoms with Crippen molar-refractivity contribution < 1.29 is 0 Å². The molecule has 0 atom stereocenters. The van der Waals surface area contributed by atoms with E-state index in [2.05, 4.69) is 63.5 Å². The van der Waals surface area contributed by atoms with E-state index in [-0.39, 0.29) is 0 Å². The molecule has 0 aliphatic heterocycles. The van der Waals surface area contributed by atoms with Crippen LogP contribution in [0.5, 0.6) is 0 Å². The van der Waals surface area contributed by atoms with E-state index in [9.17, 15) is 0 Å². The van der Waals surface area contributed by atoms with Crippen LogP contribution in [0.2, 0.25) is 0 Å². The highest BCUT2D eigenvalue weighted by Gasteiger charge is 2.12. The van der Waals surface area contributed by atoms with Crippen molar-refractivity contribution in [2.75, 3.05) is 5.32 Å². The van der Waals surface area contributed by atoms with E-state index in [0.717, 1.165) is 21.9 Å². The molecule has 0 radical (unpaired) electrons. The maximum Gasteiger partial charge on any atom is 0.249 e. The SMILES string of the molecule is Cc1ccc(-c2cc(Nc3nc4sc(C)c(C)n4n3)nc(C)n2)cc1. The second kappa shape index (κ2) is 5.93. The van der Waals surface area contributed by atoms with Crippen LogP contribution in [0.1, 0.15) is 22.0 Å². The molecule has 25 heavy (non-hydrogen) atoms. The number of rotatable bonds is 3. The molecule has 0 unspecified atom stereocenters. The number of hydrogen-bond acceptors (Lipinski definition) is 6. The lowest BCUT2D eigenvalue weighted by Gasteiger charge is -2.07. The maximum atomic E-state index is 4.54. The molecule has 7 heteroatoms. The summed E-state index contributed by atoms with van der Waals surface area (Å²) in [5.74, 6) is 1.94. The van der Waals surface area contributed by atoms with Gasteiger partial charge in [-0.25, -0.2) is 14.5 Å². The molecule has 0 fully saturated rings. The van der Waals surface area contributed by atoms with E-state index in [1.807, 2.05) is 24.4 Å². The third kappa shape index (κ3) is 2.98. The van der Waals surface area contributed by atoms with Crippen molar-refractivity contribution in [1.82, 2.24) is 24.6 Å². The molecule has 1 N–H and O–H groups in total. The summed E-state index contributed by atoms with van der Waals surface area (Å²) in [5, 5.41) is 7.72. The third-order valence-corrected chi connectivity index (χ3v) is 5.12. The Kier molecular flexibility index (Phi) is 3.73. The fourth-order valence-electron chi connectivity index (χ4n) is 2.61. The Bertz CT molecular complexity index is 1060. The van der Waals surface area contributed by atoms with Crippen LogP contribution < -0.4 is 5.32 Å². The highest BCUT2D eigenvalue weighted by molar-refractivity contribution is 7.17. The molecule has 0 saturated heterocycles. The van der Waals surface area contributed by atoms with Crippen molar-refractivity contribution in [2.24, 2.45) is 0 Å². The Balaban J connectivity index is 1.68. The van der Waals surface area contributed by atoms with Crippen LogP contribution in [0.15, 0.2) is 30.3 Å². The molecule has 0 amide bonds. The fraction of sp³-hybridized carbons (Fsp3) is 0.222. The summed E-state index contributed by atoms with van der Waals surface area (Å²) in [6.45, 7) is 8.07. The van der Waals surface area contributed by atoms with Gasteiger partial charge in [0.1, 0.15) is 11.6 Å². The van der Waals surface area contributed by atoms with Gasteiger partial charge in [-0.05, 0) is 27.7 Å². The van der Waals surface area contributed by atoms with Crippen LogP contribution in [-0.4, -0.2) is 24.6 Å². The number of aryl methyl sites for hydroxylation is 4. The van der Waals surface area contributed by atoms with Gasteiger partial charge in [0, 0.05) is 16.5 Å². The van der Waals surface area contributed by atoms with Crippen LogP contribution in [-0.2, 0) is 0 Å². The highest BCUT2D eigenvalue weighted by Crippen LogP contribution is 2.24. The lowest BCUT2D eigenvalue weighted by Crippen LogP contribution is -2.00. The standard InChI is InChI=1S/C18H18N6S/c1-10-5-7-14(8-6-10)15-9-16(20-13(4)19-15)21-17-22-18-24(23-17)11(2)12(3)25-18/h5-9H,1-4H3,(H,19,20,21,23). The average molecular weight is 350 g/mol. The van der Waals surface area contributed by atoms with Crippen LogP contribution in [0.4, 0.5) is 11.8 Å². The van der Waals surface area contributed by atoms with Crippen molar-refractivity contribution in [3.05, 3.63) is 52.3 Å². The van der Waals surface area contributed by atoms with Gasteiger partial charge in [0.2, 0.25) is 10.9 Å². The predicted octanol–water partition coefficient (Wildman–Crippen LogP) is 4.23. The van der Waals surface area contributed by atoms with Gasteiger partial charge in [-0.1, -0.05) is 41.2 Å². The topological polar surface area (TPSA) is 68.0 Å². The first kappa shape index (κ1) is 15.7. The number of hydrogen-bond donors (Lipinski definition) is 1. The highest BCUT2D eigenvalue weighted by atomic mass is 32.1. The van der Waals surface area contributed by atoms with Crippen molar-refractivity contribution >= 4 is 28.1 Å². The number of benzene rings is 1. The minimum Gasteiger partial charge on any atom is -0.307 e. The van der Waals surface area contributed by atoms with Gasteiger partial charge >= 0.3 is 0 Å². The van der Waals surface area contributed by atoms with Gasteiger partial charge in [-0.15, -0.1) is 5.10 Å². The summed E-state index contributed by atoms with van der Waals surface area (Å²) >= 11 is 1.63. The lowest BCUT2D eigenvalue weighted by atomic mass is 10.1. The Hall–Kier alpha value is -2.80. The smallest absolute Gasteiger partial charge is 0.249 e. The number of thiazole rings is 1. The van der Waals surface area contributed by atoms with Crippen molar-refractivity contribution in [1.29, 1.82) is 0 Å². The van der Waals surface area contributed by atoms with E-state index in [0.29, 0.717) is 17.6 Å². The second-order valence-electron chi connectivity index (χ2n) is 6.05. The zero-order valence-corrected chi connectivity index (χ0v) is 15.3. The molecule has 3 heterocycles. The van der Waals surface area contributed by atoms with E-state index in [4.69, 9.17) is 0 Å². The molecule has 0 saturated carbocycles. The molecule has 6 nitrogen and oxygen atoms in total. The summed E-state index contributed by atoms with van der Waals surface area (Å²) < 4.78 is 1.86. The minimum atomic E-state index is 0.544. The Morgan fingerprint density at radius 3 is 2.44 bits per heavy atom. The minimum absolute atomic E-state index is 0.544. The van der Waals surface area contributed by atoms with Gasteiger partial charge in [0.05, 0.1) is 11.4 Å². The van der Waals surface area contributed by atoms with E-state index >= 15 is 0 Å². The van der Waals surface area contributed by atoms with Crippen molar-refractivity contribution in [3.8, 4) is 11.3 Å². The zero-order chi connectivity index (χ0) is 17.6. The third-order valence-electron chi connectivity index (χ3n) is 4.07. The van der Waals surface area contributed by atoms with E-state index in [1.165, 1.54) is 10.4 Å². The molecule has 0 aliphatic rings. The van der Waals surface area contributed by atoms with Gasteiger partial charge in [-0.2, -0.15) is 4.98 Å². The zero-order valence-electron chi connectivity index (χ0n) is 14.5. The molecule has 3 aromatic heterocycles. The molecule has 126 valence electrons. The summed E-state index contributed by atoms with van der Waals surface area (Å²) in [6, 6.07) is 10.2. The molecular formula is C18H18N6S.